The first-order valence-electron chi connectivity index (χ1n) is 8.93. The van der Waals surface area contributed by atoms with Crippen molar-refractivity contribution in [3.05, 3.63) is 51.8 Å². The predicted octanol–water partition coefficient (Wildman–Crippen LogP) is 3.05. The second kappa shape index (κ2) is 10.7. The first kappa shape index (κ1) is 21.0. The van der Waals surface area contributed by atoms with Crippen LogP contribution in [0.5, 0.6) is 0 Å². The Bertz CT molecular complexity index is 773. The Morgan fingerprint density at radius 2 is 2.00 bits per heavy atom. The summed E-state index contributed by atoms with van der Waals surface area (Å²) < 4.78 is 6.18. The van der Waals surface area contributed by atoms with Crippen LogP contribution < -0.4 is 16.0 Å². The average Bonchev–Trinajstić information content (AvgIpc) is 3.13. The van der Waals surface area contributed by atoms with Crippen molar-refractivity contribution in [3.63, 3.8) is 0 Å². The van der Waals surface area contributed by atoms with E-state index in [1.165, 1.54) is 0 Å². The molecule has 27 heavy (non-hydrogen) atoms. The minimum atomic E-state index is -0.0786. The van der Waals surface area contributed by atoms with E-state index in [0.717, 1.165) is 22.3 Å². The molecule has 0 spiro atoms. The predicted molar refractivity (Wildman–Crippen MR) is 110 cm³/mol. The highest BCUT2D eigenvalue weighted by Crippen LogP contribution is 2.13. The Hall–Kier alpha value is -2.35. The third-order valence-electron chi connectivity index (χ3n) is 3.84. The third kappa shape index (κ3) is 7.05. The molecule has 0 aliphatic rings. The van der Waals surface area contributed by atoms with Crippen LogP contribution in [0.3, 0.4) is 0 Å². The van der Waals surface area contributed by atoms with Gasteiger partial charge in [0, 0.05) is 36.2 Å². The van der Waals surface area contributed by atoms with E-state index < -0.39 is 0 Å². The molecule has 146 valence electrons. The molecule has 1 aromatic heterocycles. The molecule has 2 rings (SSSR count). The van der Waals surface area contributed by atoms with Gasteiger partial charge in [0.2, 0.25) is 0 Å². The summed E-state index contributed by atoms with van der Waals surface area (Å²) in [6.45, 7) is 5.93. The molecule has 0 aliphatic heterocycles. The van der Waals surface area contributed by atoms with Crippen LogP contribution in [0.2, 0.25) is 0 Å². The lowest BCUT2D eigenvalue weighted by Crippen LogP contribution is -2.38. The minimum Gasteiger partial charge on any atom is -0.359 e. The van der Waals surface area contributed by atoms with Crippen LogP contribution in [0.25, 0.3) is 0 Å². The van der Waals surface area contributed by atoms with Crippen molar-refractivity contribution in [1.29, 1.82) is 0 Å². The maximum atomic E-state index is 12.1. The molecule has 8 heteroatoms. The van der Waals surface area contributed by atoms with Gasteiger partial charge in [0.1, 0.15) is 0 Å². The van der Waals surface area contributed by atoms with Crippen molar-refractivity contribution in [2.24, 2.45) is 4.99 Å². The van der Waals surface area contributed by atoms with Gasteiger partial charge in [-0.05, 0) is 30.5 Å². The van der Waals surface area contributed by atoms with Crippen LogP contribution in [0.1, 0.15) is 48.0 Å². The maximum Gasteiger partial charge on any atom is 0.251 e. The van der Waals surface area contributed by atoms with Crippen molar-refractivity contribution < 1.29 is 9.32 Å². The number of guanidine groups is 1. The smallest absolute Gasteiger partial charge is 0.251 e. The van der Waals surface area contributed by atoms with Gasteiger partial charge in [-0.15, -0.1) is 0 Å². The SMILES string of the molecule is CN=C(NCCCNC(=O)c1cccc(Br)c1)NCc1cc(C(C)C)no1. The van der Waals surface area contributed by atoms with Gasteiger partial charge in [-0.25, -0.2) is 0 Å². The fourth-order valence-electron chi connectivity index (χ4n) is 2.30. The molecule has 0 bridgehead atoms. The van der Waals surface area contributed by atoms with E-state index in [9.17, 15) is 4.79 Å². The number of aliphatic imine (C=N–C) groups is 1. The largest absolute Gasteiger partial charge is 0.359 e. The maximum absolute atomic E-state index is 12.1. The van der Waals surface area contributed by atoms with Crippen molar-refractivity contribution in [2.75, 3.05) is 20.1 Å². The molecular weight excluding hydrogens is 410 g/mol. The van der Waals surface area contributed by atoms with E-state index in [0.29, 0.717) is 37.1 Å². The van der Waals surface area contributed by atoms with Gasteiger partial charge in [-0.2, -0.15) is 0 Å². The zero-order chi connectivity index (χ0) is 19.6. The molecule has 0 radical (unpaired) electrons. The lowest BCUT2D eigenvalue weighted by atomic mass is 10.1. The second-order valence-corrected chi connectivity index (χ2v) is 7.26. The van der Waals surface area contributed by atoms with Gasteiger partial charge in [-0.1, -0.05) is 41.0 Å². The number of aromatic nitrogens is 1. The highest BCUT2D eigenvalue weighted by molar-refractivity contribution is 9.10. The van der Waals surface area contributed by atoms with Gasteiger partial charge < -0.3 is 20.5 Å². The number of hydrogen-bond acceptors (Lipinski definition) is 4. The van der Waals surface area contributed by atoms with E-state index >= 15 is 0 Å². The average molecular weight is 436 g/mol. The van der Waals surface area contributed by atoms with Crippen molar-refractivity contribution in [3.8, 4) is 0 Å². The molecule has 0 saturated heterocycles. The highest BCUT2D eigenvalue weighted by Gasteiger charge is 2.08. The molecule has 3 N–H and O–H groups in total. The van der Waals surface area contributed by atoms with E-state index in [2.05, 4.69) is 55.9 Å². The monoisotopic (exact) mass is 435 g/mol. The molecule has 0 saturated carbocycles. The summed E-state index contributed by atoms with van der Waals surface area (Å²) in [6.07, 6.45) is 0.778. The van der Waals surface area contributed by atoms with Gasteiger partial charge in [-0.3, -0.25) is 9.79 Å². The van der Waals surface area contributed by atoms with Crippen LogP contribution in [0.15, 0.2) is 44.3 Å². The van der Waals surface area contributed by atoms with Gasteiger partial charge in [0.25, 0.3) is 5.91 Å². The molecule has 0 fully saturated rings. The Morgan fingerprint density at radius 1 is 1.22 bits per heavy atom. The van der Waals surface area contributed by atoms with E-state index in [4.69, 9.17) is 4.52 Å². The summed E-state index contributed by atoms with van der Waals surface area (Å²) >= 11 is 3.37. The van der Waals surface area contributed by atoms with Crippen molar-refractivity contribution >= 4 is 27.8 Å². The van der Waals surface area contributed by atoms with Crippen molar-refractivity contribution in [2.45, 2.75) is 32.7 Å². The molecular formula is C19H26BrN5O2. The van der Waals surface area contributed by atoms with Crippen LogP contribution in [0, 0.1) is 0 Å². The quantitative estimate of drug-likeness (QED) is 0.336. The van der Waals surface area contributed by atoms with E-state index in [1.807, 2.05) is 18.2 Å². The Kier molecular flexibility index (Phi) is 8.32. The van der Waals surface area contributed by atoms with E-state index in [1.54, 1.807) is 19.2 Å². The summed E-state index contributed by atoms with van der Waals surface area (Å²) in [5.41, 5.74) is 1.58. The standard InChI is InChI=1S/C19H26BrN5O2/c1-13(2)17-11-16(27-25-17)12-24-19(21-3)23-9-5-8-22-18(26)14-6-4-7-15(20)10-14/h4,6-7,10-11,13H,5,8-9,12H2,1-3H3,(H,22,26)(H2,21,23,24). The lowest BCUT2D eigenvalue weighted by molar-refractivity contribution is 0.0953. The summed E-state index contributed by atoms with van der Waals surface area (Å²) in [6, 6.07) is 9.27. The lowest BCUT2D eigenvalue weighted by Gasteiger charge is -2.11. The number of halogens is 1. The number of benzene rings is 1. The number of nitrogens with zero attached hydrogens (tertiary/aromatic N) is 2. The number of carbonyl (C=O) groups excluding carboxylic acids is 1. The van der Waals surface area contributed by atoms with Crippen LogP contribution in [-0.4, -0.2) is 37.2 Å². The molecule has 0 aliphatic carbocycles. The van der Waals surface area contributed by atoms with Gasteiger partial charge in [0.05, 0.1) is 12.2 Å². The minimum absolute atomic E-state index is 0.0786. The van der Waals surface area contributed by atoms with Crippen LogP contribution in [0.4, 0.5) is 0 Å². The van der Waals surface area contributed by atoms with E-state index in [-0.39, 0.29) is 5.91 Å². The Labute approximate surface area is 168 Å². The van der Waals surface area contributed by atoms with Crippen LogP contribution >= 0.6 is 15.9 Å². The Balaban J connectivity index is 1.65. The number of nitrogens with one attached hydrogen (secondary N) is 3. The number of rotatable bonds is 8. The summed E-state index contributed by atoms with van der Waals surface area (Å²) in [4.78, 5) is 16.2. The molecule has 2 aromatic rings. The second-order valence-electron chi connectivity index (χ2n) is 6.35. The summed E-state index contributed by atoms with van der Waals surface area (Å²) in [5, 5.41) is 13.3. The van der Waals surface area contributed by atoms with Crippen LogP contribution in [-0.2, 0) is 6.54 Å². The molecule has 7 nitrogen and oxygen atoms in total. The molecule has 1 amide bonds. The third-order valence-corrected chi connectivity index (χ3v) is 4.33. The highest BCUT2D eigenvalue weighted by atomic mass is 79.9. The fraction of sp³-hybridized carbons (Fsp3) is 0.421. The topological polar surface area (TPSA) is 91.5 Å². The number of carbonyl (C=O) groups is 1. The molecule has 0 unspecified atom stereocenters. The number of hydrogen-bond donors (Lipinski definition) is 3. The first-order chi connectivity index (χ1) is 13.0. The zero-order valence-electron chi connectivity index (χ0n) is 15.9. The van der Waals surface area contributed by atoms with Gasteiger partial charge in [0.15, 0.2) is 11.7 Å². The molecule has 1 aromatic carbocycles. The first-order valence-corrected chi connectivity index (χ1v) is 9.72. The van der Waals surface area contributed by atoms with Gasteiger partial charge >= 0.3 is 0 Å². The Morgan fingerprint density at radius 3 is 2.67 bits per heavy atom. The number of amides is 1. The zero-order valence-corrected chi connectivity index (χ0v) is 17.5. The normalized spacial score (nSPS) is 11.5. The molecule has 0 atom stereocenters. The fourth-order valence-corrected chi connectivity index (χ4v) is 2.70. The summed E-state index contributed by atoms with van der Waals surface area (Å²) in [7, 11) is 1.71. The summed E-state index contributed by atoms with van der Waals surface area (Å²) in [5.74, 6) is 1.70. The molecule has 1 heterocycles. The van der Waals surface area contributed by atoms with Crippen molar-refractivity contribution in [1.82, 2.24) is 21.1 Å².